The second-order valence-corrected chi connectivity index (χ2v) is 7.16. The van der Waals surface area contributed by atoms with E-state index in [1.807, 2.05) is 35.2 Å². The summed E-state index contributed by atoms with van der Waals surface area (Å²) in [5.41, 5.74) is 7.23. The number of hydrogen-bond acceptors (Lipinski definition) is 3. The summed E-state index contributed by atoms with van der Waals surface area (Å²) in [5.74, 6) is 0.919. The van der Waals surface area contributed by atoms with Crippen LogP contribution in [0.15, 0.2) is 30.3 Å². The minimum atomic E-state index is -0.198. The zero-order valence-electron chi connectivity index (χ0n) is 15.3. The Bertz CT molecular complexity index is 483. The molecule has 0 aliphatic carbocycles. The average Bonchev–Trinajstić information content (AvgIpc) is 2.61. The van der Waals surface area contributed by atoms with E-state index in [4.69, 9.17) is 5.73 Å². The van der Waals surface area contributed by atoms with E-state index in [2.05, 4.69) is 18.9 Å². The van der Waals surface area contributed by atoms with Crippen LogP contribution in [-0.2, 0) is 4.79 Å². The molecule has 1 aliphatic heterocycles. The first-order valence-corrected chi connectivity index (χ1v) is 9.37. The van der Waals surface area contributed by atoms with Crippen LogP contribution in [0, 0.1) is 5.92 Å². The van der Waals surface area contributed by atoms with E-state index in [1.54, 1.807) is 0 Å². The third-order valence-corrected chi connectivity index (χ3v) is 5.05. The Morgan fingerprint density at radius 2 is 1.96 bits per heavy atom. The van der Waals surface area contributed by atoms with Gasteiger partial charge in [-0.15, -0.1) is 0 Å². The highest BCUT2D eigenvalue weighted by atomic mass is 16.2. The molecule has 24 heavy (non-hydrogen) atoms. The molecule has 1 heterocycles. The highest BCUT2D eigenvalue weighted by molar-refractivity contribution is 5.77. The molecule has 2 rings (SSSR count). The Kier molecular flexibility index (Phi) is 7.73. The number of carbonyl (C=O) groups excluding carboxylic acids is 1. The van der Waals surface area contributed by atoms with Gasteiger partial charge >= 0.3 is 0 Å². The topological polar surface area (TPSA) is 49.6 Å². The molecule has 1 amide bonds. The van der Waals surface area contributed by atoms with Crippen LogP contribution >= 0.6 is 0 Å². The Morgan fingerprint density at radius 3 is 2.58 bits per heavy atom. The van der Waals surface area contributed by atoms with Crippen molar-refractivity contribution in [1.82, 2.24) is 9.80 Å². The molecule has 1 aromatic carbocycles. The third-order valence-electron chi connectivity index (χ3n) is 5.05. The predicted octanol–water partition coefficient (Wildman–Crippen LogP) is 3.05. The van der Waals surface area contributed by atoms with Crippen LogP contribution < -0.4 is 5.73 Å². The summed E-state index contributed by atoms with van der Waals surface area (Å²) in [6, 6.07) is 9.71. The minimum Gasteiger partial charge on any atom is -0.343 e. The van der Waals surface area contributed by atoms with Crippen LogP contribution in [0.2, 0.25) is 0 Å². The first-order chi connectivity index (χ1) is 11.6. The van der Waals surface area contributed by atoms with E-state index in [-0.39, 0.29) is 11.9 Å². The van der Waals surface area contributed by atoms with E-state index in [0.29, 0.717) is 6.42 Å². The Labute approximate surface area is 147 Å². The second-order valence-electron chi connectivity index (χ2n) is 7.16. The quantitative estimate of drug-likeness (QED) is 0.796. The van der Waals surface area contributed by atoms with Gasteiger partial charge in [0.15, 0.2) is 0 Å². The van der Waals surface area contributed by atoms with Crippen molar-refractivity contribution >= 4 is 5.91 Å². The molecule has 4 heteroatoms. The summed E-state index contributed by atoms with van der Waals surface area (Å²) in [7, 11) is 2.21. The number of carbonyl (C=O) groups is 1. The van der Waals surface area contributed by atoms with Crippen molar-refractivity contribution < 1.29 is 4.79 Å². The van der Waals surface area contributed by atoms with E-state index in [0.717, 1.165) is 44.0 Å². The van der Waals surface area contributed by atoms with Gasteiger partial charge in [-0.05, 0) is 44.3 Å². The molecule has 1 saturated heterocycles. The predicted molar refractivity (Wildman–Crippen MR) is 99.7 cm³/mol. The van der Waals surface area contributed by atoms with E-state index >= 15 is 0 Å². The van der Waals surface area contributed by atoms with E-state index in [9.17, 15) is 4.79 Å². The third kappa shape index (κ3) is 5.91. The Hall–Kier alpha value is -1.39. The zero-order valence-corrected chi connectivity index (χ0v) is 15.3. The molecule has 0 saturated carbocycles. The number of benzene rings is 1. The molecule has 1 unspecified atom stereocenters. The van der Waals surface area contributed by atoms with Crippen molar-refractivity contribution in [3.63, 3.8) is 0 Å². The molecular formula is C20H33N3O. The van der Waals surface area contributed by atoms with Gasteiger partial charge in [0.2, 0.25) is 5.91 Å². The summed E-state index contributed by atoms with van der Waals surface area (Å²) in [6.07, 6.45) is 5.15. The number of piperidine rings is 1. The van der Waals surface area contributed by atoms with Crippen LogP contribution in [0.3, 0.4) is 0 Å². The SMILES string of the molecule is CCCCN(C)CC1CCN(C(=O)CC(N)c2ccccc2)CC1. The summed E-state index contributed by atoms with van der Waals surface area (Å²) in [4.78, 5) is 16.9. The molecular weight excluding hydrogens is 298 g/mol. The van der Waals surface area contributed by atoms with E-state index in [1.165, 1.54) is 19.4 Å². The van der Waals surface area contributed by atoms with Crippen LogP contribution in [0.5, 0.6) is 0 Å². The second kappa shape index (κ2) is 9.80. The smallest absolute Gasteiger partial charge is 0.224 e. The first kappa shape index (κ1) is 18.9. The van der Waals surface area contributed by atoms with Crippen molar-refractivity contribution in [2.75, 3.05) is 33.2 Å². The van der Waals surface area contributed by atoms with Gasteiger partial charge in [0.25, 0.3) is 0 Å². The van der Waals surface area contributed by atoms with Crippen LogP contribution in [0.1, 0.15) is 50.6 Å². The highest BCUT2D eigenvalue weighted by Gasteiger charge is 2.24. The van der Waals surface area contributed by atoms with Crippen LogP contribution in [-0.4, -0.2) is 48.9 Å². The van der Waals surface area contributed by atoms with Crippen molar-refractivity contribution in [1.29, 1.82) is 0 Å². The standard InChI is InChI=1S/C20H33N3O/c1-3-4-12-22(2)16-17-10-13-23(14-11-17)20(24)15-19(21)18-8-6-5-7-9-18/h5-9,17,19H,3-4,10-16,21H2,1-2H3. The molecule has 2 N–H and O–H groups in total. The van der Waals surface area contributed by atoms with Crippen molar-refractivity contribution in [3.8, 4) is 0 Å². The molecule has 0 radical (unpaired) electrons. The van der Waals surface area contributed by atoms with Gasteiger partial charge in [0, 0.05) is 32.1 Å². The van der Waals surface area contributed by atoms with Crippen molar-refractivity contribution in [2.24, 2.45) is 11.7 Å². The Balaban J connectivity index is 1.72. The lowest BCUT2D eigenvalue weighted by Crippen LogP contribution is -2.42. The fraction of sp³-hybridized carbons (Fsp3) is 0.650. The number of amides is 1. The van der Waals surface area contributed by atoms with Gasteiger partial charge in [-0.1, -0.05) is 43.7 Å². The van der Waals surface area contributed by atoms with Gasteiger partial charge in [-0.2, -0.15) is 0 Å². The molecule has 1 aromatic rings. The molecule has 0 bridgehead atoms. The molecule has 1 fully saturated rings. The zero-order chi connectivity index (χ0) is 17.4. The van der Waals surface area contributed by atoms with E-state index < -0.39 is 0 Å². The molecule has 1 aliphatic rings. The number of unbranched alkanes of at least 4 members (excludes halogenated alkanes) is 1. The summed E-state index contributed by atoms with van der Waals surface area (Å²) < 4.78 is 0. The first-order valence-electron chi connectivity index (χ1n) is 9.37. The fourth-order valence-corrected chi connectivity index (χ4v) is 3.46. The summed E-state index contributed by atoms with van der Waals surface area (Å²) in [6.45, 7) is 6.34. The lowest BCUT2D eigenvalue weighted by Gasteiger charge is -2.34. The summed E-state index contributed by atoms with van der Waals surface area (Å²) in [5, 5.41) is 0. The van der Waals surface area contributed by atoms with Crippen molar-refractivity contribution in [3.05, 3.63) is 35.9 Å². The summed E-state index contributed by atoms with van der Waals surface area (Å²) >= 11 is 0. The molecule has 4 nitrogen and oxygen atoms in total. The minimum absolute atomic E-state index is 0.198. The number of rotatable bonds is 8. The monoisotopic (exact) mass is 331 g/mol. The molecule has 134 valence electrons. The number of nitrogens with zero attached hydrogens (tertiary/aromatic N) is 2. The average molecular weight is 332 g/mol. The highest BCUT2D eigenvalue weighted by Crippen LogP contribution is 2.21. The number of hydrogen-bond donors (Lipinski definition) is 1. The number of likely N-dealkylation sites (tertiary alicyclic amines) is 1. The Morgan fingerprint density at radius 1 is 1.29 bits per heavy atom. The molecule has 1 atom stereocenters. The lowest BCUT2D eigenvalue weighted by atomic mass is 9.95. The fourth-order valence-electron chi connectivity index (χ4n) is 3.46. The van der Waals surface area contributed by atoms with Gasteiger partial charge in [-0.3, -0.25) is 4.79 Å². The van der Waals surface area contributed by atoms with Crippen LogP contribution in [0.25, 0.3) is 0 Å². The largest absolute Gasteiger partial charge is 0.343 e. The normalized spacial score (nSPS) is 17.2. The van der Waals surface area contributed by atoms with Gasteiger partial charge < -0.3 is 15.5 Å². The molecule has 0 aromatic heterocycles. The van der Waals surface area contributed by atoms with Gasteiger partial charge in [-0.25, -0.2) is 0 Å². The maximum atomic E-state index is 12.5. The van der Waals surface area contributed by atoms with Crippen molar-refractivity contribution in [2.45, 2.75) is 45.1 Å². The maximum Gasteiger partial charge on any atom is 0.224 e. The lowest BCUT2D eigenvalue weighted by molar-refractivity contribution is -0.133. The number of nitrogens with two attached hydrogens (primary N) is 1. The van der Waals surface area contributed by atoms with Gasteiger partial charge in [0.05, 0.1) is 0 Å². The van der Waals surface area contributed by atoms with Gasteiger partial charge in [0.1, 0.15) is 0 Å². The molecule has 0 spiro atoms. The van der Waals surface area contributed by atoms with Crippen LogP contribution in [0.4, 0.5) is 0 Å². The maximum absolute atomic E-state index is 12.5.